The van der Waals surface area contributed by atoms with Crippen LogP contribution in [0.4, 0.5) is 22.0 Å². The Morgan fingerprint density at radius 3 is 1.82 bits per heavy atom. The fourth-order valence-electron chi connectivity index (χ4n) is 17.6. The van der Waals surface area contributed by atoms with Crippen LogP contribution in [0.3, 0.4) is 0 Å². The second-order valence-electron chi connectivity index (χ2n) is 31.9. The molecular weight excluding hydrogens is 1330 g/mol. The summed E-state index contributed by atoms with van der Waals surface area (Å²) in [5.74, 6) is -12.0. The summed E-state index contributed by atoms with van der Waals surface area (Å²) in [5.41, 5.74) is -2.14. The number of rotatable bonds is 12. The number of nitrogens with one attached hydrogen (secondary N) is 3. The van der Waals surface area contributed by atoms with E-state index in [0.717, 1.165) is 49.8 Å². The zero-order chi connectivity index (χ0) is 75.6. The van der Waals surface area contributed by atoms with Crippen LogP contribution in [0, 0.1) is 40.9 Å². The van der Waals surface area contributed by atoms with Crippen molar-refractivity contribution in [1.82, 2.24) is 55.1 Å². The highest BCUT2D eigenvalue weighted by atomic mass is 19.4. The number of hydrogen-bond donors (Lipinski definition) is 3. The number of amides is 11. The number of ether oxygens (including phenoxy) is 1. The summed E-state index contributed by atoms with van der Waals surface area (Å²) in [7, 11) is 8.83. The topological polar surface area (TPSA) is 259 Å². The molecule has 0 aromatic carbocycles. The van der Waals surface area contributed by atoms with E-state index in [9.17, 15) is 37.1 Å². The van der Waals surface area contributed by atoms with Gasteiger partial charge >= 0.3 is 6.18 Å². The predicted molar refractivity (Wildman–Crippen MR) is 372 cm³/mol. The summed E-state index contributed by atoms with van der Waals surface area (Å²) in [6.07, 6.45) is -1.49. The highest BCUT2D eigenvalue weighted by Crippen LogP contribution is 2.50. The summed E-state index contributed by atoms with van der Waals surface area (Å²) in [6.45, 7) is 13.4. The minimum atomic E-state index is -5.16. The zero-order valence-corrected chi connectivity index (χ0v) is 62.9. The van der Waals surface area contributed by atoms with E-state index in [-0.39, 0.29) is 95.2 Å². The zero-order valence-electron chi connectivity index (χ0n) is 62.9. The van der Waals surface area contributed by atoms with E-state index in [1.807, 2.05) is 40.7 Å². The molecule has 4 aliphatic carbocycles. The first-order chi connectivity index (χ1) is 47.9. The monoisotopic (exact) mass is 1450 g/mol. The van der Waals surface area contributed by atoms with E-state index in [1.165, 1.54) is 69.5 Å². The Hall–Kier alpha value is -6.48. The van der Waals surface area contributed by atoms with Gasteiger partial charge in [0.1, 0.15) is 66.1 Å². The summed E-state index contributed by atoms with van der Waals surface area (Å²) >= 11 is 0. The molecule has 23 nitrogen and oxygen atoms in total. The molecule has 12 atom stereocenters. The third kappa shape index (κ3) is 19.7. The number of fused-ring (bicyclic) bond motifs is 3. The standard InChI is InChI=1S/C74H118F5N11O12/c1-15-45(6)62-69(99)84(10)41-60(93)86(12)54-30-22-19-25-33-89(68(54)98)57(36-46-26-20-18-21-27-46)67(97)83(9)40-58(91)80-52(32-31-47-34-50(75)61(51(76)35-47)74(77,78)79)66(96)90-39-49(102-17-3)37-56(90)65(95)82-73(42-72(7,8)43-73)71(101)88(14)63(48-28-23-24-29-48)70(100)87(13)55(44(4)5)38-59(92)85(11)53(16-2)64(94)81-62/h19,22,44-57,61-63H,15-18,20-21,23-43H2,1-14H3,(H,80,91)(H,81,94)(H,82,95)/b22-19-/t45-,47?,49+,50?,51?,52-,53-,54-,55-,56-,57-,61?,62-,63-/m0/s1. The Balaban J connectivity index is 1.31. The minimum Gasteiger partial charge on any atom is -0.377 e. The minimum absolute atomic E-state index is 0.0198. The van der Waals surface area contributed by atoms with Gasteiger partial charge in [-0.2, -0.15) is 13.2 Å². The van der Waals surface area contributed by atoms with Crippen LogP contribution in [0.5, 0.6) is 0 Å². The van der Waals surface area contributed by atoms with Crippen molar-refractivity contribution in [2.75, 3.05) is 75.1 Å². The van der Waals surface area contributed by atoms with E-state index in [0.29, 0.717) is 25.7 Å². The Bertz CT molecular complexity index is 3000. The quantitative estimate of drug-likeness (QED) is 0.130. The molecular formula is C74H118F5N11O12. The van der Waals surface area contributed by atoms with Crippen molar-refractivity contribution >= 4 is 65.0 Å². The highest BCUT2D eigenvalue weighted by Gasteiger charge is 2.60. The van der Waals surface area contributed by atoms with Crippen molar-refractivity contribution in [3.8, 4) is 0 Å². The SMILES string of the molecule is CCO[C@@H]1C[C@H]2C(=O)NC3(CC(C)(C)C3)C(=O)N(C)[C@@H](C3CCCC3)C(=O)N(C)[C@H](C(C)C)CC(=O)N(C)[C@@H](CC)C(=O)N[C@@H]([C@@H](C)CC)C(=O)N(C)CC(=O)N(C)[C@H]3C/C=C\CCN(C3=O)[C@@H](CC3CCCCC3)C(=O)N(C)CC(=O)N[C@@H](CCC3CC(F)C(C(F)(F)F)C(F)C3)C(=O)N2C1. The molecule has 2 unspecified atom stereocenters. The van der Waals surface area contributed by atoms with Crippen molar-refractivity contribution < 1.29 is 79.4 Å². The number of nitrogens with zero attached hydrogens (tertiary/aromatic N) is 8. The molecule has 11 amide bonds. The molecule has 2 bridgehead atoms. The Kier molecular flexibility index (Phi) is 28.8. The lowest BCUT2D eigenvalue weighted by Gasteiger charge is -2.54. The maximum atomic E-state index is 15.7. The molecule has 0 aromatic heterocycles. The Labute approximate surface area is 600 Å². The third-order valence-electron chi connectivity index (χ3n) is 23.5. The highest BCUT2D eigenvalue weighted by molar-refractivity contribution is 6.00. The lowest BCUT2D eigenvalue weighted by molar-refractivity contribution is -0.219. The summed E-state index contributed by atoms with van der Waals surface area (Å²) in [5, 5.41) is 8.70. The lowest BCUT2D eigenvalue weighted by atomic mass is 9.58. The summed E-state index contributed by atoms with van der Waals surface area (Å²) < 4.78 is 78.9. The number of likely N-dealkylation sites (N-methyl/N-ethyl adjacent to an activating group) is 6. The average molecular weight is 1450 g/mol. The van der Waals surface area contributed by atoms with Gasteiger partial charge in [0.2, 0.25) is 65.0 Å². The van der Waals surface area contributed by atoms with Crippen molar-refractivity contribution in [1.29, 1.82) is 0 Å². The van der Waals surface area contributed by atoms with E-state index in [2.05, 4.69) is 16.0 Å². The first-order valence-electron chi connectivity index (χ1n) is 37.6. The van der Waals surface area contributed by atoms with Gasteiger partial charge in [-0.25, -0.2) is 8.78 Å². The van der Waals surface area contributed by atoms with Crippen LogP contribution in [0.1, 0.15) is 197 Å². The molecule has 28 heteroatoms. The molecule has 576 valence electrons. The van der Waals surface area contributed by atoms with Gasteiger partial charge in [-0.15, -0.1) is 0 Å². The van der Waals surface area contributed by atoms with Crippen molar-refractivity contribution in [3.05, 3.63) is 12.2 Å². The van der Waals surface area contributed by atoms with Crippen molar-refractivity contribution in [3.63, 3.8) is 0 Å². The van der Waals surface area contributed by atoms with Crippen LogP contribution < -0.4 is 16.0 Å². The molecule has 3 N–H and O–H groups in total. The molecule has 102 heavy (non-hydrogen) atoms. The number of hydrogen-bond acceptors (Lipinski definition) is 12. The van der Waals surface area contributed by atoms with Gasteiger partial charge < -0.3 is 59.9 Å². The maximum Gasteiger partial charge on any atom is 0.397 e. The van der Waals surface area contributed by atoms with E-state index in [4.69, 9.17) is 4.74 Å². The van der Waals surface area contributed by atoms with Crippen LogP contribution in [0.15, 0.2) is 12.2 Å². The molecule has 3 heterocycles. The average Bonchev–Trinajstić information content (AvgIpc) is 0.783. The molecule has 7 rings (SSSR count). The molecule has 6 fully saturated rings. The second kappa shape index (κ2) is 35.5. The van der Waals surface area contributed by atoms with E-state index in [1.54, 1.807) is 33.9 Å². The van der Waals surface area contributed by atoms with E-state index >= 15 is 37.5 Å². The first-order valence-corrected chi connectivity index (χ1v) is 37.6. The van der Waals surface area contributed by atoms with E-state index < -0.39 is 193 Å². The lowest BCUT2D eigenvalue weighted by Crippen LogP contribution is -2.71. The summed E-state index contributed by atoms with van der Waals surface area (Å²) in [4.78, 5) is 176. The first kappa shape index (κ1) is 82.8. The van der Waals surface area contributed by atoms with Gasteiger partial charge in [0, 0.05) is 80.9 Å². The van der Waals surface area contributed by atoms with Gasteiger partial charge in [-0.3, -0.25) is 52.7 Å². The maximum absolute atomic E-state index is 15.7. The molecule has 7 aliphatic rings. The van der Waals surface area contributed by atoms with Crippen LogP contribution in [0.25, 0.3) is 0 Å². The Morgan fingerprint density at radius 2 is 1.25 bits per heavy atom. The van der Waals surface area contributed by atoms with Crippen LogP contribution in [-0.4, -0.2) is 258 Å². The van der Waals surface area contributed by atoms with Gasteiger partial charge in [-0.05, 0) is 119 Å². The van der Waals surface area contributed by atoms with Gasteiger partial charge in [0.25, 0.3) is 0 Å². The number of halogens is 5. The predicted octanol–water partition coefficient (Wildman–Crippen LogP) is 7.13. The van der Waals surface area contributed by atoms with Crippen LogP contribution >= 0.6 is 0 Å². The van der Waals surface area contributed by atoms with Crippen LogP contribution in [-0.2, 0) is 57.5 Å². The van der Waals surface area contributed by atoms with Crippen molar-refractivity contribution in [2.45, 2.75) is 275 Å². The molecule has 3 aliphatic heterocycles. The van der Waals surface area contributed by atoms with Gasteiger partial charge in [-0.1, -0.05) is 112 Å². The Morgan fingerprint density at radius 1 is 0.627 bits per heavy atom. The van der Waals surface area contributed by atoms with Crippen LogP contribution in [0.2, 0.25) is 0 Å². The smallest absolute Gasteiger partial charge is 0.377 e. The van der Waals surface area contributed by atoms with Gasteiger partial charge in [0.15, 0.2) is 0 Å². The molecule has 0 aromatic rings. The number of carbonyl (C=O) groups is 11. The third-order valence-corrected chi connectivity index (χ3v) is 23.5. The fourth-order valence-corrected chi connectivity index (χ4v) is 17.6. The second-order valence-corrected chi connectivity index (χ2v) is 31.9. The number of alkyl halides is 5. The molecule has 0 radical (unpaired) electrons. The molecule has 4 saturated carbocycles. The largest absolute Gasteiger partial charge is 0.397 e. The van der Waals surface area contributed by atoms with Crippen molar-refractivity contribution in [2.24, 2.45) is 40.9 Å². The molecule has 2 saturated heterocycles. The molecule has 1 spiro atoms. The number of carbonyl (C=O) groups excluding carboxylic acids is 11. The van der Waals surface area contributed by atoms with Gasteiger partial charge in [0.05, 0.1) is 19.2 Å². The normalized spacial score (nSPS) is 32.3. The fraction of sp³-hybridized carbons (Fsp3) is 0.824. The summed E-state index contributed by atoms with van der Waals surface area (Å²) in [6, 6.07) is -9.38.